The molecule has 1 aliphatic heterocycles. The molecule has 2 N–H and O–H groups in total. The van der Waals surface area contributed by atoms with Crippen molar-refractivity contribution in [2.24, 2.45) is 0 Å². The Morgan fingerprint density at radius 2 is 1.92 bits per heavy atom. The van der Waals surface area contributed by atoms with Gasteiger partial charge < -0.3 is 10.2 Å². The number of aliphatic carboxylic acids is 2. The van der Waals surface area contributed by atoms with Crippen molar-refractivity contribution >= 4 is 52.2 Å². The van der Waals surface area contributed by atoms with Crippen LogP contribution in [-0.4, -0.2) is 43.3 Å². The predicted molar refractivity (Wildman–Crippen MR) is 89.7 cm³/mol. The SMILES string of the molecule is O=C(O)CC[C@@H](C(=O)O)N1C(=O)/C(=C\c2ccc(F)cc2)SC1=S. The molecule has 1 fully saturated rings. The fourth-order valence-electron chi connectivity index (χ4n) is 2.08. The van der Waals surface area contributed by atoms with E-state index in [-0.39, 0.29) is 15.6 Å². The summed E-state index contributed by atoms with van der Waals surface area (Å²) < 4.78 is 13.0. The number of thiocarbonyl (C=S) groups is 1. The molecule has 0 aromatic heterocycles. The van der Waals surface area contributed by atoms with Gasteiger partial charge in [-0.2, -0.15) is 0 Å². The molecule has 1 aromatic carbocycles. The van der Waals surface area contributed by atoms with Crippen LogP contribution in [0.15, 0.2) is 29.2 Å². The molecule has 1 aromatic rings. The Hall–Kier alpha value is -2.26. The first-order valence-corrected chi connectivity index (χ1v) is 7.99. The van der Waals surface area contributed by atoms with E-state index in [1.54, 1.807) is 0 Å². The van der Waals surface area contributed by atoms with E-state index in [9.17, 15) is 23.9 Å². The molecular weight excluding hydrogens is 357 g/mol. The van der Waals surface area contributed by atoms with Gasteiger partial charge in [-0.05, 0) is 30.2 Å². The second-order valence-corrected chi connectivity index (χ2v) is 6.57. The smallest absolute Gasteiger partial charge is 0.326 e. The van der Waals surface area contributed by atoms with Gasteiger partial charge in [-0.1, -0.05) is 36.1 Å². The van der Waals surface area contributed by atoms with Crippen molar-refractivity contribution in [2.75, 3.05) is 0 Å². The highest BCUT2D eigenvalue weighted by Crippen LogP contribution is 2.34. The summed E-state index contributed by atoms with van der Waals surface area (Å²) in [6.07, 6.45) is 0.834. The molecule has 1 amide bonds. The van der Waals surface area contributed by atoms with E-state index in [0.717, 1.165) is 16.7 Å². The van der Waals surface area contributed by atoms with Gasteiger partial charge in [0, 0.05) is 6.42 Å². The zero-order valence-corrected chi connectivity index (χ0v) is 13.8. The number of benzene rings is 1. The zero-order valence-electron chi connectivity index (χ0n) is 12.1. The van der Waals surface area contributed by atoms with Crippen molar-refractivity contribution in [3.05, 3.63) is 40.6 Å². The number of hydrogen-bond donors (Lipinski definition) is 2. The van der Waals surface area contributed by atoms with E-state index in [4.69, 9.17) is 17.3 Å². The lowest BCUT2D eigenvalue weighted by atomic mass is 10.1. The minimum Gasteiger partial charge on any atom is -0.481 e. The van der Waals surface area contributed by atoms with Crippen LogP contribution in [-0.2, 0) is 14.4 Å². The third kappa shape index (κ3) is 4.18. The normalized spacial score (nSPS) is 17.4. The molecule has 0 aliphatic carbocycles. The van der Waals surface area contributed by atoms with Crippen molar-refractivity contribution in [1.82, 2.24) is 4.90 Å². The van der Waals surface area contributed by atoms with E-state index in [2.05, 4.69) is 0 Å². The lowest BCUT2D eigenvalue weighted by molar-refractivity contribution is -0.146. The average molecular weight is 369 g/mol. The van der Waals surface area contributed by atoms with Crippen LogP contribution < -0.4 is 0 Å². The summed E-state index contributed by atoms with van der Waals surface area (Å²) in [6.45, 7) is 0. The first-order valence-electron chi connectivity index (χ1n) is 6.77. The van der Waals surface area contributed by atoms with Gasteiger partial charge in [0.1, 0.15) is 16.2 Å². The highest BCUT2D eigenvalue weighted by atomic mass is 32.2. The Kier molecular flexibility index (Phi) is 5.68. The Bertz CT molecular complexity index is 732. The van der Waals surface area contributed by atoms with Crippen LogP contribution >= 0.6 is 24.0 Å². The molecule has 1 atom stereocenters. The summed E-state index contributed by atoms with van der Waals surface area (Å²) in [5, 5.41) is 18.0. The molecule has 2 rings (SSSR count). The highest BCUT2D eigenvalue weighted by Gasteiger charge is 2.40. The molecule has 0 saturated carbocycles. The molecule has 1 heterocycles. The van der Waals surface area contributed by atoms with Crippen molar-refractivity contribution in [2.45, 2.75) is 18.9 Å². The van der Waals surface area contributed by atoms with E-state index in [1.165, 1.54) is 30.3 Å². The van der Waals surface area contributed by atoms with E-state index in [1.807, 2.05) is 0 Å². The predicted octanol–water partition coefficient (Wildman–Crippen LogP) is 2.34. The Morgan fingerprint density at radius 3 is 2.46 bits per heavy atom. The third-order valence-corrected chi connectivity index (χ3v) is 4.55. The summed E-state index contributed by atoms with van der Waals surface area (Å²) in [5.74, 6) is -3.50. The molecule has 9 heteroatoms. The van der Waals surface area contributed by atoms with Crippen molar-refractivity contribution in [3.63, 3.8) is 0 Å². The van der Waals surface area contributed by atoms with Crippen LogP contribution in [0.25, 0.3) is 6.08 Å². The number of carboxylic acids is 2. The second-order valence-electron chi connectivity index (χ2n) is 4.89. The maximum atomic E-state index is 12.9. The van der Waals surface area contributed by atoms with Gasteiger partial charge in [0.05, 0.1) is 4.91 Å². The van der Waals surface area contributed by atoms with Crippen LogP contribution in [0.2, 0.25) is 0 Å². The monoisotopic (exact) mass is 369 g/mol. The van der Waals surface area contributed by atoms with E-state index in [0.29, 0.717) is 5.56 Å². The van der Waals surface area contributed by atoms with Crippen molar-refractivity contribution in [1.29, 1.82) is 0 Å². The molecular formula is C15H12FNO5S2. The van der Waals surface area contributed by atoms with Gasteiger partial charge in [-0.25, -0.2) is 9.18 Å². The molecule has 0 spiro atoms. The van der Waals surface area contributed by atoms with Crippen molar-refractivity contribution in [3.8, 4) is 0 Å². The summed E-state index contributed by atoms with van der Waals surface area (Å²) in [6, 6.07) is 4.08. The number of nitrogens with zero attached hydrogens (tertiary/aromatic N) is 1. The summed E-state index contributed by atoms with van der Waals surface area (Å²) >= 11 is 5.99. The van der Waals surface area contributed by atoms with E-state index >= 15 is 0 Å². The van der Waals surface area contributed by atoms with Gasteiger partial charge in [0.25, 0.3) is 5.91 Å². The second kappa shape index (κ2) is 7.54. The molecule has 6 nitrogen and oxygen atoms in total. The minimum atomic E-state index is -1.34. The number of carboxylic acid groups (broad SMARTS) is 2. The van der Waals surface area contributed by atoms with Crippen LogP contribution in [0.3, 0.4) is 0 Å². The Morgan fingerprint density at radius 1 is 1.29 bits per heavy atom. The van der Waals surface area contributed by atoms with Gasteiger partial charge >= 0.3 is 11.9 Å². The number of carbonyl (C=O) groups is 3. The lowest BCUT2D eigenvalue weighted by Crippen LogP contribution is -2.44. The van der Waals surface area contributed by atoms with Gasteiger partial charge in [0.15, 0.2) is 0 Å². The standard InChI is InChI=1S/C15H12FNO5S2/c16-9-3-1-8(2-4-9)7-11-13(20)17(15(23)24-11)10(14(21)22)5-6-12(18)19/h1-4,7,10H,5-6H2,(H,18,19)(H,21,22)/b11-7+/t10-/m0/s1. The quantitative estimate of drug-likeness (QED) is 0.587. The molecule has 1 saturated heterocycles. The molecule has 0 unspecified atom stereocenters. The largest absolute Gasteiger partial charge is 0.481 e. The molecule has 126 valence electrons. The summed E-state index contributed by atoms with van der Waals surface area (Å²) in [7, 11) is 0. The molecule has 24 heavy (non-hydrogen) atoms. The number of hydrogen-bond acceptors (Lipinski definition) is 5. The third-order valence-electron chi connectivity index (χ3n) is 3.22. The van der Waals surface area contributed by atoms with Gasteiger partial charge in [-0.3, -0.25) is 14.5 Å². The maximum Gasteiger partial charge on any atom is 0.326 e. The molecule has 0 radical (unpaired) electrons. The fourth-order valence-corrected chi connectivity index (χ4v) is 3.44. The van der Waals surface area contributed by atoms with Crippen LogP contribution in [0.4, 0.5) is 4.39 Å². The number of halogens is 1. The van der Waals surface area contributed by atoms with Crippen LogP contribution in [0, 0.1) is 5.82 Å². The zero-order chi connectivity index (χ0) is 17.9. The summed E-state index contributed by atoms with van der Waals surface area (Å²) in [4.78, 5) is 35.6. The fraction of sp³-hybridized carbons (Fsp3) is 0.200. The number of carbonyl (C=O) groups excluding carboxylic acids is 1. The molecule has 0 bridgehead atoms. The van der Waals surface area contributed by atoms with Gasteiger partial charge in [0.2, 0.25) is 0 Å². The Labute approximate surface area is 146 Å². The van der Waals surface area contributed by atoms with E-state index < -0.39 is 36.1 Å². The first kappa shape index (κ1) is 18.1. The maximum absolute atomic E-state index is 12.9. The lowest BCUT2D eigenvalue weighted by Gasteiger charge is -2.22. The Balaban J connectivity index is 2.24. The first-order chi connectivity index (χ1) is 11.3. The van der Waals surface area contributed by atoms with Gasteiger partial charge in [-0.15, -0.1) is 0 Å². The van der Waals surface area contributed by atoms with Crippen molar-refractivity contribution < 1.29 is 29.0 Å². The number of rotatable bonds is 6. The van der Waals surface area contributed by atoms with Crippen LogP contribution in [0.1, 0.15) is 18.4 Å². The number of thioether (sulfide) groups is 1. The number of amides is 1. The topological polar surface area (TPSA) is 94.9 Å². The molecule has 1 aliphatic rings. The highest BCUT2D eigenvalue weighted by molar-refractivity contribution is 8.26. The van der Waals surface area contributed by atoms with Crippen LogP contribution in [0.5, 0.6) is 0 Å². The average Bonchev–Trinajstić information content (AvgIpc) is 2.77. The summed E-state index contributed by atoms with van der Waals surface area (Å²) in [5.41, 5.74) is 0.564. The minimum absolute atomic E-state index is 0.0474.